The molecule has 1 atom stereocenters. The third kappa shape index (κ3) is 3.41. The lowest BCUT2D eigenvalue weighted by atomic mass is 10.1. The first-order valence-electron chi connectivity index (χ1n) is 7.42. The molecule has 3 aromatic rings. The van der Waals surface area contributed by atoms with Gasteiger partial charge in [0.1, 0.15) is 11.9 Å². The Morgan fingerprint density at radius 3 is 2.54 bits per heavy atom. The van der Waals surface area contributed by atoms with Crippen LogP contribution < -0.4 is 10.5 Å². The van der Waals surface area contributed by atoms with E-state index in [1.165, 1.54) is 12.1 Å². The Hall–Kier alpha value is -2.80. The predicted octanol–water partition coefficient (Wildman–Crippen LogP) is 2.83. The lowest BCUT2D eigenvalue weighted by Gasteiger charge is -2.14. The molecule has 0 saturated heterocycles. The number of pyridine rings is 1. The third-order valence-corrected chi connectivity index (χ3v) is 3.38. The molecule has 0 aliphatic heterocycles. The highest BCUT2D eigenvalue weighted by Crippen LogP contribution is 2.26. The number of nitrogens with two attached hydrogens (primary N) is 1. The maximum atomic E-state index is 13.1. The first kappa shape index (κ1) is 16.1. The molecule has 0 amide bonds. The van der Waals surface area contributed by atoms with Crippen molar-refractivity contribution in [2.45, 2.75) is 13.0 Å². The lowest BCUT2D eigenvalue weighted by Crippen LogP contribution is -2.19. The van der Waals surface area contributed by atoms with E-state index >= 15 is 0 Å². The highest BCUT2D eigenvalue weighted by Gasteiger charge is 2.14. The minimum atomic E-state index is -0.298. The van der Waals surface area contributed by atoms with E-state index in [2.05, 4.69) is 15.0 Å². The number of methoxy groups -OCH3 is 1. The van der Waals surface area contributed by atoms with E-state index in [-0.39, 0.29) is 17.9 Å². The molecule has 2 heterocycles. The Bertz CT molecular complexity index is 855. The van der Waals surface area contributed by atoms with Crippen molar-refractivity contribution in [2.24, 2.45) is 0 Å². The number of ether oxygens (including phenoxy) is 2. The van der Waals surface area contributed by atoms with E-state index in [0.29, 0.717) is 29.2 Å². The van der Waals surface area contributed by atoms with Gasteiger partial charge < -0.3 is 15.2 Å². The molecule has 6 nitrogen and oxygen atoms in total. The van der Waals surface area contributed by atoms with Gasteiger partial charge in [-0.2, -0.15) is 4.98 Å². The fourth-order valence-electron chi connectivity index (χ4n) is 2.33. The number of halogens is 1. The van der Waals surface area contributed by atoms with Crippen molar-refractivity contribution in [1.29, 1.82) is 0 Å². The number of benzene rings is 1. The van der Waals surface area contributed by atoms with Gasteiger partial charge in [0.15, 0.2) is 5.52 Å². The van der Waals surface area contributed by atoms with Crippen LogP contribution in [0.15, 0.2) is 36.4 Å². The summed E-state index contributed by atoms with van der Waals surface area (Å²) in [6.45, 7) is 2.26. The van der Waals surface area contributed by atoms with Crippen LogP contribution in [-0.2, 0) is 4.74 Å². The number of hydrogen-bond donors (Lipinski definition) is 1. The molecule has 0 bridgehead atoms. The van der Waals surface area contributed by atoms with Crippen LogP contribution in [0, 0.1) is 5.82 Å². The summed E-state index contributed by atoms with van der Waals surface area (Å²) >= 11 is 0. The fourth-order valence-corrected chi connectivity index (χ4v) is 2.33. The molecule has 2 N–H and O–H groups in total. The Balaban J connectivity index is 2.06. The van der Waals surface area contributed by atoms with Crippen LogP contribution >= 0.6 is 0 Å². The molecule has 0 aliphatic carbocycles. The van der Waals surface area contributed by atoms with Crippen LogP contribution in [0.1, 0.15) is 6.92 Å². The summed E-state index contributed by atoms with van der Waals surface area (Å²) in [5.74, 6) is 0.109. The van der Waals surface area contributed by atoms with Gasteiger partial charge in [-0.1, -0.05) is 0 Å². The molecule has 124 valence electrons. The molecule has 0 fully saturated rings. The van der Waals surface area contributed by atoms with Crippen LogP contribution in [0.4, 0.5) is 10.3 Å². The second-order valence-electron chi connectivity index (χ2n) is 5.34. The van der Waals surface area contributed by atoms with E-state index in [0.717, 1.165) is 5.56 Å². The molecule has 0 saturated carbocycles. The van der Waals surface area contributed by atoms with Crippen molar-refractivity contribution in [1.82, 2.24) is 15.0 Å². The van der Waals surface area contributed by atoms with E-state index < -0.39 is 0 Å². The van der Waals surface area contributed by atoms with Gasteiger partial charge in [-0.25, -0.2) is 14.4 Å². The second-order valence-corrected chi connectivity index (χ2v) is 5.34. The standard InChI is InChI=1S/C17H17FN4O2/c1-10(9-23-2)24-16-15-14(21-17(19)22-16)8-7-13(20-15)11-3-5-12(18)6-4-11/h3-8,10H,9H2,1-2H3,(H2,19,21,22)/t10-/m0/s1. The molecule has 1 aromatic carbocycles. The van der Waals surface area contributed by atoms with Crippen molar-refractivity contribution >= 4 is 17.0 Å². The van der Waals surface area contributed by atoms with Crippen molar-refractivity contribution in [3.05, 3.63) is 42.2 Å². The maximum Gasteiger partial charge on any atom is 0.245 e. The summed E-state index contributed by atoms with van der Waals surface area (Å²) in [7, 11) is 1.59. The normalized spacial score (nSPS) is 12.3. The lowest BCUT2D eigenvalue weighted by molar-refractivity contribution is 0.0900. The summed E-state index contributed by atoms with van der Waals surface area (Å²) in [5, 5.41) is 0. The summed E-state index contributed by atoms with van der Waals surface area (Å²) in [6, 6.07) is 9.68. The smallest absolute Gasteiger partial charge is 0.245 e. The Morgan fingerprint density at radius 2 is 1.83 bits per heavy atom. The monoisotopic (exact) mass is 328 g/mol. The van der Waals surface area contributed by atoms with Gasteiger partial charge in [0.05, 0.1) is 17.8 Å². The number of rotatable bonds is 5. The van der Waals surface area contributed by atoms with Crippen molar-refractivity contribution < 1.29 is 13.9 Å². The van der Waals surface area contributed by atoms with Gasteiger partial charge in [0, 0.05) is 12.7 Å². The average molecular weight is 328 g/mol. The van der Waals surface area contributed by atoms with Crippen LogP contribution in [-0.4, -0.2) is 34.8 Å². The molecule has 0 aliphatic rings. The largest absolute Gasteiger partial charge is 0.471 e. The Kier molecular flexibility index (Phi) is 4.52. The van der Waals surface area contributed by atoms with Crippen LogP contribution in [0.2, 0.25) is 0 Å². The quantitative estimate of drug-likeness (QED) is 0.775. The molecule has 3 rings (SSSR count). The summed E-state index contributed by atoms with van der Waals surface area (Å²) < 4.78 is 23.9. The summed E-state index contributed by atoms with van der Waals surface area (Å²) in [6.07, 6.45) is -0.219. The van der Waals surface area contributed by atoms with E-state index in [1.54, 1.807) is 31.4 Å². The van der Waals surface area contributed by atoms with Crippen molar-refractivity contribution in [3.63, 3.8) is 0 Å². The fraction of sp³-hybridized carbons (Fsp3) is 0.235. The molecule has 0 unspecified atom stereocenters. The van der Waals surface area contributed by atoms with E-state index in [4.69, 9.17) is 15.2 Å². The molecule has 7 heteroatoms. The molecular weight excluding hydrogens is 311 g/mol. The summed E-state index contributed by atoms with van der Waals surface area (Å²) in [5.41, 5.74) is 8.26. The Labute approximate surface area is 138 Å². The average Bonchev–Trinajstić information content (AvgIpc) is 2.55. The number of hydrogen-bond acceptors (Lipinski definition) is 6. The minimum Gasteiger partial charge on any atom is -0.471 e. The maximum absolute atomic E-state index is 13.1. The molecule has 2 aromatic heterocycles. The van der Waals surface area contributed by atoms with Crippen LogP contribution in [0.3, 0.4) is 0 Å². The minimum absolute atomic E-state index is 0.110. The number of nitrogens with zero attached hydrogens (tertiary/aromatic N) is 3. The number of anilines is 1. The molecule has 24 heavy (non-hydrogen) atoms. The van der Waals surface area contributed by atoms with Gasteiger partial charge in [-0.05, 0) is 43.3 Å². The number of nitrogen functional groups attached to an aromatic ring is 1. The SMILES string of the molecule is COC[C@H](C)Oc1nc(N)nc2ccc(-c3ccc(F)cc3)nc12. The highest BCUT2D eigenvalue weighted by atomic mass is 19.1. The number of fused-ring (bicyclic) bond motifs is 1. The first-order valence-corrected chi connectivity index (χ1v) is 7.42. The van der Waals surface area contributed by atoms with E-state index in [1.807, 2.05) is 6.92 Å². The zero-order chi connectivity index (χ0) is 17.1. The van der Waals surface area contributed by atoms with Crippen molar-refractivity contribution in [2.75, 3.05) is 19.5 Å². The molecule has 0 spiro atoms. The van der Waals surface area contributed by atoms with Crippen molar-refractivity contribution in [3.8, 4) is 17.1 Å². The molecular formula is C17H17FN4O2. The van der Waals surface area contributed by atoms with Gasteiger partial charge in [0.2, 0.25) is 11.8 Å². The topological polar surface area (TPSA) is 83.2 Å². The Morgan fingerprint density at radius 1 is 1.08 bits per heavy atom. The van der Waals surface area contributed by atoms with Crippen LogP contribution in [0.5, 0.6) is 5.88 Å². The second kappa shape index (κ2) is 6.76. The zero-order valence-corrected chi connectivity index (χ0v) is 13.4. The molecule has 0 radical (unpaired) electrons. The number of aromatic nitrogens is 3. The summed E-state index contributed by atoms with van der Waals surface area (Å²) in [4.78, 5) is 12.9. The van der Waals surface area contributed by atoms with Gasteiger partial charge >= 0.3 is 0 Å². The van der Waals surface area contributed by atoms with Gasteiger partial charge in [-0.3, -0.25) is 0 Å². The zero-order valence-electron chi connectivity index (χ0n) is 13.4. The van der Waals surface area contributed by atoms with Crippen LogP contribution in [0.25, 0.3) is 22.3 Å². The van der Waals surface area contributed by atoms with E-state index in [9.17, 15) is 4.39 Å². The predicted molar refractivity (Wildman–Crippen MR) is 89.1 cm³/mol. The van der Waals surface area contributed by atoms with Gasteiger partial charge in [0.25, 0.3) is 0 Å². The first-order chi connectivity index (χ1) is 11.6. The highest BCUT2D eigenvalue weighted by molar-refractivity contribution is 5.83. The van der Waals surface area contributed by atoms with Gasteiger partial charge in [-0.15, -0.1) is 0 Å². The third-order valence-electron chi connectivity index (χ3n) is 3.38.